The SMILES string of the molecule is CN1C(=O)c2ccccc2N(C)[C@H]1c1ccn(-c2ccccc2Br)c1. The van der Waals surface area contributed by atoms with Crippen molar-refractivity contribution < 1.29 is 4.79 Å². The summed E-state index contributed by atoms with van der Waals surface area (Å²) in [6.45, 7) is 0. The molecule has 2 heterocycles. The summed E-state index contributed by atoms with van der Waals surface area (Å²) in [6.07, 6.45) is 3.98. The van der Waals surface area contributed by atoms with E-state index in [4.69, 9.17) is 0 Å². The van der Waals surface area contributed by atoms with Crippen LogP contribution in [-0.2, 0) is 0 Å². The van der Waals surface area contributed by atoms with Crippen LogP contribution in [-0.4, -0.2) is 29.5 Å². The van der Waals surface area contributed by atoms with Crippen molar-refractivity contribution in [3.63, 3.8) is 0 Å². The highest BCUT2D eigenvalue weighted by atomic mass is 79.9. The number of anilines is 1. The molecule has 3 aromatic rings. The van der Waals surface area contributed by atoms with Crippen LogP contribution in [0.3, 0.4) is 0 Å². The Balaban J connectivity index is 1.76. The lowest BCUT2D eigenvalue weighted by atomic mass is 10.0. The van der Waals surface area contributed by atoms with Crippen LogP contribution in [0.4, 0.5) is 5.69 Å². The number of amides is 1. The number of carbonyl (C=O) groups excluding carboxylic acids is 1. The molecule has 4 rings (SSSR count). The Morgan fingerprint density at radius 2 is 1.56 bits per heavy atom. The molecular weight excluding hydrogens is 378 g/mol. The van der Waals surface area contributed by atoms with E-state index in [0.29, 0.717) is 0 Å². The number of benzene rings is 2. The van der Waals surface area contributed by atoms with Gasteiger partial charge < -0.3 is 14.4 Å². The minimum atomic E-state index is -0.133. The van der Waals surface area contributed by atoms with Gasteiger partial charge >= 0.3 is 0 Å². The molecule has 1 aromatic heterocycles. The van der Waals surface area contributed by atoms with Gasteiger partial charge in [0.15, 0.2) is 0 Å². The summed E-state index contributed by atoms with van der Waals surface area (Å²) in [5.41, 5.74) is 3.85. The third-order valence-electron chi connectivity index (χ3n) is 4.71. The first-order chi connectivity index (χ1) is 12.1. The lowest BCUT2D eigenvalue weighted by Crippen LogP contribution is -2.45. The van der Waals surface area contributed by atoms with Crippen LogP contribution in [0, 0.1) is 0 Å². The Hall–Kier alpha value is -2.53. The molecule has 1 aliphatic rings. The van der Waals surface area contributed by atoms with E-state index in [2.05, 4.69) is 43.7 Å². The first-order valence-electron chi connectivity index (χ1n) is 8.10. The zero-order valence-electron chi connectivity index (χ0n) is 14.1. The number of fused-ring (bicyclic) bond motifs is 1. The summed E-state index contributed by atoms with van der Waals surface area (Å²) in [5.74, 6) is 0.0485. The van der Waals surface area contributed by atoms with E-state index in [9.17, 15) is 4.79 Å². The number of para-hydroxylation sites is 2. The quantitative estimate of drug-likeness (QED) is 0.640. The van der Waals surface area contributed by atoms with Crippen LogP contribution < -0.4 is 4.90 Å². The van der Waals surface area contributed by atoms with E-state index >= 15 is 0 Å². The van der Waals surface area contributed by atoms with E-state index in [0.717, 1.165) is 27.0 Å². The normalized spacial score (nSPS) is 16.9. The Labute approximate surface area is 155 Å². The largest absolute Gasteiger partial charge is 0.350 e. The minimum Gasteiger partial charge on any atom is -0.350 e. The summed E-state index contributed by atoms with van der Waals surface area (Å²) >= 11 is 3.60. The second-order valence-corrected chi connectivity index (χ2v) is 7.08. The van der Waals surface area contributed by atoms with Gasteiger partial charge in [-0.2, -0.15) is 0 Å². The molecule has 5 heteroatoms. The van der Waals surface area contributed by atoms with Crippen molar-refractivity contribution >= 4 is 27.5 Å². The Bertz CT molecular complexity index is 949. The molecule has 0 aliphatic carbocycles. The summed E-state index contributed by atoms with van der Waals surface area (Å²) < 4.78 is 3.11. The van der Waals surface area contributed by atoms with Crippen molar-refractivity contribution in [2.24, 2.45) is 0 Å². The van der Waals surface area contributed by atoms with Crippen molar-refractivity contribution in [3.8, 4) is 5.69 Å². The zero-order valence-corrected chi connectivity index (χ0v) is 15.6. The van der Waals surface area contributed by atoms with E-state index in [1.165, 1.54) is 0 Å². The monoisotopic (exact) mass is 395 g/mol. The molecule has 1 aliphatic heterocycles. The van der Waals surface area contributed by atoms with Gasteiger partial charge in [0, 0.05) is 36.5 Å². The van der Waals surface area contributed by atoms with Gasteiger partial charge in [-0.3, -0.25) is 4.79 Å². The van der Waals surface area contributed by atoms with Gasteiger partial charge in [-0.1, -0.05) is 24.3 Å². The molecule has 126 valence electrons. The van der Waals surface area contributed by atoms with Crippen molar-refractivity contribution in [1.82, 2.24) is 9.47 Å². The van der Waals surface area contributed by atoms with Crippen LogP contribution in [0.15, 0.2) is 71.5 Å². The first-order valence-corrected chi connectivity index (χ1v) is 8.89. The average Bonchev–Trinajstić information content (AvgIpc) is 3.10. The molecule has 0 saturated heterocycles. The molecule has 2 aromatic carbocycles. The number of hydrogen-bond donors (Lipinski definition) is 0. The third-order valence-corrected chi connectivity index (χ3v) is 5.38. The Morgan fingerprint density at radius 1 is 0.880 bits per heavy atom. The first kappa shape index (κ1) is 16.0. The molecule has 1 amide bonds. The number of carbonyl (C=O) groups is 1. The van der Waals surface area contributed by atoms with Crippen LogP contribution in [0.2, 0.25) is 0 Å². The van der Waals surface area contributed by atoms with Crippen LogP contribution in [0.5, 0.6) is 0 Å². The molecule has 0 fully saturated rings. The lowest BCUT2D eigenvalue weighted by molar-refractivity contribution is 0.0711. The summed E-state index contributed by atoms with van der Waals surface area (Å²) in [7, 11) is 3.89. The highest BCUT2D eigenvalue weighted by Crippen LogP contribution is 2.37. The third kappa shape index (κ3) is 2.55. The van der Waals surface area contributed by atoms with Gasteiger partial charge in [0.25, 0.3) is 5.91 Å². The molecule has 0 bridgehead atoms. The smallest absolute Gasteiger partial charge is 0.257 e. The summed E-state index contributed by atoms with van der Waals surface area (Å²) in [6, 6.07) is 17.9. The maximum absolute atomic E-state index is 12.8. The minimum absolute atomic E-state index is 0.0485. The fourth-order valence-electron chi connectivity index (χ4n) is 3.48. The van der Waals surface area contributed by atoms with E-state index in [1.807, 2.05) is 62.8 Å². The van der Waals surface area contributed by atoms with Gasteiger partial charge in [-0.15, -0.1) is 0 Å². The highest BCUT2D eigenvalue weighted by molar-refractivity contribution is 9.10. The van der Waals surface area contributed by atoms with Gasteiger partial charge in [0.05, 0.1) is 16.9 Å². The summed E-state index contributed by atoms with van der Waals surface area (Å²) in [5, 5.41) is 0. The molecule has 25 heavy (non-hydrogen) atoms. The van der Waals surface area contributed by atoms with Gasteiger partial charge in [0.2, 0.25) is 0 Å². The molecule has 0 spiro atoms. The number of halogens is 1. The predicted octanol–water partition coefficient (Wildman–Crippen LogP) is 4.46. The average molecular weight is 396 g/mol. The molecule has 0 radical (unpaired) electrons. The molecule has 4 nitrogen and oxygen atoms in total. The predicted molar refractivity (Wildman–Crippen MR) is 103 cm³/mol. The molecule has 0 saturated carbocycles. The maximum Gasteiger partial charge on any atom is 0.257 e. The molecule has 1 atom stereocenters. The van der Waals surface area contributed by atoms with E-state index < -0.39 is 0 Å². The summed E-state index contributed by atoms with van der Waals surface area (Å²) in [4.78, 5) is 16.7. The van der Waals surface area contributed by atoms with Crippen LogP contribution >= 0.6 is 15.9 Å². The van der Waals surface area contributed by atoms with Gasteiger partial charge in [0.1, 0.15) is 6.17 Å². The standard InChI is InChI=1S/C20H18BrN3O/c1-22-17-9-5-3-7-15(17)20(25)23(2)19(22)14-11-12-24(13-14)18-10-6-4-8-16(18)21/h3-13,19H,1-2H3/t19-/m1/s1. The van der Waals surface area contributed by atoms with Crippen molar-refractivity contribution in [2.45, 2.75) is 6.17 Å². The lowest BCUT2D eigenvalue weighted by Gasteiger charge is -2.41. The van der Waals surface area contributed by atoms with Crippen molar-refractivity contribution in [2.75, 3.05) is 19.0 Å². The topological polar surface area (TPSA) is 28.5 Å². The van der Waals surface area contributed by atoms with E-state index in [-0.39, 0.29) is 12.1 Å². The number of nitrogens with zero attached hydrogens (tertiary/aromatic N) is 3. The number of rotatable bonds is 2. The fraction of sp³-hybridized carbons (Fsp3) is 0.150. The molecule has 0 unspecified atom stereocenters. The second-order valence-electron chi connectivity index (χ2n) is 6.22. The van der Waals surface area contributed by atoms with Crippen LogP contribution in [0.1, 0.15) is 22.1 Å². The Morgan fingerprint density at radius 3 is 2.32 bits per heavy atom. The fourth-order valence-corrected chi connectivity index (χ4v) is 3.97. The Kier molecular flexibility index (Phi) is 3.88. The van der Waals surface area contributed by atoms with Crippen molar-refractivity contribution in [3.05, 3.63) is 82.6 Å². The zero-order chi connectivity index (χ0) is 17.6. The molecule has 0 N–H and O–H groups in total. The molecular formula is C20H18BrN3O. The van der Waals surface area contributed by atoms with Gasteiger partial charge in [-0.05, 0) is 46.3 Å². The van der Waals surface area contributed by atoms with Crippen molar-refractivity contribution in [1.29, 1.82) is 0 Å². The number of aromatic nitrogens is 1. The van der Waals surface area contributed by atoms with E-state index in [1.54, 1.807) is 4.90 Å². The maximum atomic E-state index is 12.8. The van der Waals surface area contributed by atoms with Crippen LogP contribution in [0.25, 0.3) is 5.69 Å². The highest BCUT2D eigenvalue weighted by Gasteiger charge is 2.34. The number of hydrogen-bond acceptors (Lipinski definition) is 2. The second kappa shape index (κ2) is 6.08. The van der Waals surface area contributed by atoms with Gasteiger partial charge in [-0.25, -0.2) is 0 Å².